The summed E-state index contributed by atoms with van der Waals surface area (Å²) in [6.07, 6.45) is -8.38. The first-order valence-corrected chi connectivity index (χ1v) is 11.6. The minimum atomic E-state index is -7.12. The summed E-state index contributed by atoms with van der Waals surface area (Å²) in [6, 6.07) is 0. The Hall–Kier alpha value is -0.780. The van der Waals surface area contributed by atoms with Crippen LogP contribution in [0.4, 0.5) is 39.5 Å². The summed E-state index contributed by atoms with van der Waals surface area (Å²) >= 11 is 0. The third-order valence-electron chi connectivity index (χ3n) is 4.87. The number of carbonyl (C=O) groups is 2. The Labute approximate surface area is 225 Å². The quantitative estimate of drug-likeness (QED) is 0.137. The zero-order valence-corrected chi connectivity index (χ0v) is 22.3. The van der Waals surface area contributed by atoms with Crippen molar-refractivity contribution in [1.82, 2.24) is 0 Å². The first-order chi connectivity index (χ1) is 15.7. The third-order valence-corrected chi connectivity index (χ3v) is 5.95. The van der Waals surface area contributed by atoms with Crippen molar-refractivity contribution >= 4 is 22.1 Å². The van der Waals surface area contributed by atoms with Crippen molar-refractivity contribution in [3.8, 4) is 0 Å². The number of alkyl halides is 9. The van der Waals surface area contributed by atoms with Crippen molar-refractivity contribution in [1.29, 1.82) is 0 Å². The van der Waals surface area contributed by atoms with Gasteiger partial charge in [0.15, 0.2) is 5.25 Å². The molecule has 0 spiro atoms. The molecular formula is C18H26F9NaO7S. The Kier molecular flexibility index (Phi) is 14.9. The van der Waals surface area contributed by atoms with Gasteiger partial charge in [-0.25, -0.2) is 0 Å². The molecule has 0 aliphatic carbocycles. The van der Waals surface area contributed by atoms with E-state index in [-0.39, 0.29) is 43.5 Å². The molecule has 36 heavy (non-hydrogen) atoms. The fraction of sp³-hybridized carbons (Fsp3) is 0.889. The summed E-state index contributed by atoms with van der Waals surface area (Å²) in [7, 11) is -5.31. The second-order valence-corrected chi connectivity index (χ2v) is 9.17. The van der Waals surface area contributed by atoms with Crippen LogP contribution < -0.4 is 29.6 Å². The predicted molar refractivity (Wildman–Crippen MR) is 102 cm³/mol. The van der Waals surface area contributed by atoms with Crippen LogP contribution in [0.25, 0.3) is 0 Å². The SMILES string of the molecule is CCCCC(CC)COC(=O)C(CC(=O)OCCC(F)(F)C(F)(F)C(F)(F)C(F)(F)F)S(=O)(=O)O.[H-].[Na+]. The summed E-state index contributed by atoms with van der Waals surface area (Å²) in [5, 5.41) is -2.59. The van der Waals surface area contributed by atoms with E-state index in [1.165, 1.54) is 0 Å². The monoisotopic (exact) mass is 580 g/mol. The molecule has 0 radical (unpaired) electrons. The van der Waals surface area contributed by atoms with Gasteiger partial charge in [0.05, 0.1) is 26.1 Å². The molecule has 0 fully saturated rings. The molecule has 0 rings (SSSR count). The zero-order valence-electron chi connectivity index (χ0n) is 20.5. The van der Waals surface area contributed by atoms with Gasteiger partial charge in [0.2, 0.25) is 0 Å². The third kappa shape index (κ3) is 10.2. The van der Waals surface area contributed by atoms with E-state index in [1.807, 2.05) is 6.92 Å². The fourth-order valence-electron chi connectivity index (χ4n) is 2.57. The van der Waals surface area contributed by atoms with Crippen molar-refractivity contribution in [3.05, 3.63) is 0 Å². The van der Waals surface area contributed by atoms with Crippen LogP contribution in [0.5, 0.6) is 0 Å². The molecule has 2 atom stereocenters. The van der Waals surface area contributed by atoms with Gasteiger partial charge in [-0.2, -0.15) is 47.9 Å². The number of esters is 2. The molecule has 0 aliphatic heterocycles. The second-order valence-electron chi connectivity index (χ2n) is 7.58. The van der Waals surface area contributed by atoms with E-state index in [4.69, 9.17) is 9.29 Å². The Morgan fingerprint density at radius 1 is 0.944 bits per heavy atom. The molecule has 7 nitrogen and oxygen atoms in total. The van der Waals surface area contributed by atoms with Crippen molar-refractivity contribution in [3.63, 3.8) is 0 Å². The Bertz CT molecular complexity index is 827. The maximum absolute atomic E-state index is 13.4. The minimum absolute atomic E-state index is 0. The average Bonchev–Trinajstić information content (AvgIpc) is 2.69. The van der Waals surface area contributed by atoms with E-state index in [0.29, 0.717) is 12.8 Å². The largest absolute Gasteiger partial charge is 1.00 e. The number of unbranched alkanes of at least 4 members (excludes halogenated alkanes) is 1. The van der Waals surface area contributed by atoms with Crippen LogP contribution in [0.2, 0.25) is 0 Å². The van der Waals surface area contributed by atoms with Gasteiger partial charge in [0.25, 0.3) is 10.1 Å². The summed E-state index contributed by atoms with van der Waals surface area (Å²) in [4.78, 5) is 23.7. The van der Waals surface area contributed by atoms with Crippen LogP contribution in [-0.4, -0.2) is 67.3 Å². The smallest absolute Gasteiger partial charge is 1.00 e. The maximum atomic E-state index is 13.4. The van der Waals surface area contributed by atoms with Gasteiger partial charge < -0.3 is 10.9 Å². The first-order valence-electron chi connectivity index (χ1n) is 10.1. The van der Waals surface area contributed by atoms with E-state index in [9.17, 15) is 57.5 Å². The topological polar surface area (TPSA) is 107 Å². The number of carbonyl (C=O) groups excluding carboxylic acids is 2. The van der Waals surface area contributed by atoms with Crippen LogP contribution in [0.1, 0.15) is 53.8 Å². The van der Waals surface area contributed by atoms with E-state index < -0.39 is 70.7 Å². The molecule has 2 unspecified atom stereocenters. The normalized spacial score (nSPS) is 15.0. The second kappa shape index (κ2) is 14.4. The van der Waals surface area contributed by atoms with E-state index >= 15 is 0 Å². The van der Waals surface area contributed by atoms with Crippen LogP contribution in [-0.2, 0) is 29.2 Å². The summed E-state index contributed by atoms with van der Waals surface area (Å²) < 4.78 is 156. The number of hydrogen-bond acceptors (Lipinski definition) is 6. The number of halogens is 9. The van der Waals surface area contributed by atoms with Crippen LogP contribution in [0.15, 0.2) is 0 Å². The zero-order chi connectivity index (χ0) is 27.9. The minimum Gasteiger partial charge on any atom is -1.00 e. The van der Waals surface area contributed by atoms with Crippen molar-refractivity contribution in [2.45, 2.75) is 81.6 Å². The van der Waals surface area contributed by atoms with Gasteiger partial charge >= 0.3 is 65.4 Å². The van der Waals surface area contributed by atoms with Gasteiger partial charge in [0.1, 0.15) is 0 Å². The van der Waals surface area contributed by atoms with Gasteiger partial charge in [-0.3, -0.25) is 14.1 Å². The van der Waals surface area contributed by atoms with Crippen LogP contribution >= 0.6 is 0 Å². The van der Waals surface area contributed by atoms with Gasteiger partial charge in [0, 0.05) is 0 Å². The molecule has 0 heterocycles. The van der Waals surface area contributed by atoms with Gasteiger partial charge in [-0.05, 0) is 12.3 Å². The van der Waals surface area contributed by atoms with Gasteiger partial charge in [-0.1, -0.05) is 33.1 Å². The van der Waals surface area contributed by atoms with Gasteiger partial charge in [-0.15, -0.1) is 0 Å². The number of ether oxygens (including phenoxy) is 2. The Balaban J connectivity index is -0.00000578. The molecule has 0 aromatic carbocycles. The summed E-state index contributed by atoms with van der Waals surface area (Å²) in [6.45, 7) is 1.50. The maximum Gasteiger partial charge on any atom is 1.00 e. The molecule has 0 saturated heterocycles. The molecule has 0 amide bonds. The molecule has 210 valence electrons. The standard InChI is InChI=1S/C18H25F9O7S.Na.H/c1-3-5-6-11(4-2)10-34-14(29)12(35(30,31)32)9-13(28)33-8-7-15(19,20)16(21,22)17(23,24)18(25,26)27;;/h11-12H,3-10H2,1-2H3,(H,30,31,32);;/q;+1;-1. The average molecular weight is 580 g/mol. The van der Waals surface area contributed by atoms with Crippen molar-refractivity contribution in [2.75, 3.05) is 13.2 Å². The van der Waals surface area contributed by atoms with E-state index in [0.717, 1.165) is 12.8 Å². The van der Waals surface area contributed by atoms with Crippen molar-refractivity contribution in [2.24, 2.45) is 5.92 Å². The number of rotatable bonds is 15. The molecule has 0 aromatic heterocycles. The van der Waals surface area contributed by atoms with Crippen LogP contribution in [0, 0.1) is 5.92 Å². The Morgan fingerprint density at radius 3 is 1.89 bits per heavy atom. The summed E-state index contributed by atoms with van der Waals surface area (Å²) in [5.41, 5.74) is 0. The van der Waals surface area contributed by atoms with E-state index in [2.05, 4.69) is 4.74 Å². The fourth-order valence-corrected chi connectivity index (χ4v) is 3.23. The summed E-state index contributed by atoms with van der Waals surface area (Å²) in [5.74, 6) is -23.7. The molecule has 0 aliphatic rings. The van der Waals surface area contributed by atoms with Crippen molar-refractivity contribution < 1.29 is 103 Å². The van der Waals surface area contributed by atoms with Crippen LogP contribution in [0.3, 0.4) is 0 Å². The molecule has 1 N–H and O–H groups in total. The molecule has 0 aromatic rings. The van der Waals surface area contributed by atoms with E-state index in [1.54, 1.807) is 6.92 Å². The molecule has 0 saturated carbocycles. The predicted octanol–water partition coefficient (Wildman–Crippen LogP) is 1.91. The Morgan fingerprint density at radius 2 is 1.47 bits per heavy atom. The first kappa shape index (κ1) is 37.4. The molecule has 0 bridgehead atoms. The molecular weight excluding hydrogens is 554 g/mol. The number of hydrogen-bond donors (Lipinski definition) is 1. The molecule has 18 heteroatoms.